The monoisotopic (exact) mass is 635 g/mol. The number of amides is 1. The first-order valence-corrected chi connectivity index (χ1v) is 15.1. The fourth-order valence-corrected chi connectivity index (χ4v) is 8.02. The minimum atomic E-state index is -4.86. The zero-order valence-corrected chi connectivity index (χ0v) is 24.6. The molecule has 2 atom stereocenters. The molecule has 2 unspecified atom stereocenters. The maximum atomic E-state index is 14.9. The quantitative estimate of drug-likeness (QED) is 0.252. The SMILES string of the molecule is C=CC(=O)N1CCN(c2nc(=O)n3c4c(c(-c5ccc(F)c6sc(=O)[nH]c56)c(C(F)(F)F)cc24)SCC3COC)CC1C. The van der Waals surface area contributed by atoms with Crippen molar-refractivity contribution in [1.82, 2.24) is 19.4 Å². The van der Waals surface area contributed by atoms with Crippen LogP contribution in [0.5, 0.6) is 0 Å². The van der Waals surface area contributed by atoms with Gasteiger partial charge in [0.1, 0.15) is 11.6 Å². The number of piperazine rings is 1. The van der Waals surface area contributed by atoms with Crippen LogP contribution in [0.2, 0.25) is 0 Å². The molecule has 0 radical (unpaired) electrons. The van der Waals surface area contributed by atoms with E-state index >= 15 is 0 Å². The smallest absolute Gasteiger partial charge is 0.383 e. The number of hydrogen-bond acceptors (Lipinski definition) is 8. The van der Waals surface area contributed by atoms with Crippen molar-refractivity contribution in [3.05, 3.63) is 62.4 Å². The fourth-order valence-electron chi connectivity index (χ4n) is 5.94. The molecule has 6 rings (SSSR count). The summed E-state index contributed by atoms with van der Waals surface area (Å²) in [6, 6.07) is 2.39. The molecule has 0 saturated carbocycles. The lowest BCUT2D eigenvalue weighted by Gasteiger charge is -2.40. The highest BCUT2D eigenvalue weighted by Crippen LogP contribution is 2.51. The second kappa shape index (κ2) is 10.8. The van der Waals surface area contributed by atoms with E-state index in [9.17, 15) is 31.9 Å². The molecule has 9 nitrogen and oxygen atoms in total. The summed E-state index contributed by atoms with van der Waals surface area (Å²) in [5.74, 6) is -0.699. The maximum absolute atomic E-state index is 14.9. The van der Waals surface area contributed by atoms with E-state index in [0.29, 0.717) is 11.3 Å². The van der Waals surface area contributed by atoms with Gasteiger partial charge in [0.25, 0.3) is 0 Å². The van der Waals surface area contributed by atoms with Crippen molar-refractivity contribution in [3.8, 4) is 11.1 Å². The lowest BCUT2D eigenvalue weighted by atomic mass is 9.95. The minimum absolute atomic E-state index is 0.000739. The van der Waals surface area contributed by atoms with Gasteiger partial charge in [-0.25, -0.2) is 9.18 Å². The molecule has 226 valence electrons. The molecule has 1 amide bonds. The van der Waals surface area contributed by atoms with Crippen LogP contribution < -0.4 is 15.5 Å². The molecule has 4 heterocycles. The molecule has 4 aromatic rings. The summed E-state index contributed by atoms with van der Waals surface area (Å²) < 4.78 is 66.1. The number of ether oxygens (including phenoxy) is 1. The summed E-state index contributed by atoms with van der Waals surface area (Å²) in [7, 11) is 1.47. The molecular weight excluding hydrogens is 610 g/mol. The van der Waals surface area contributed by atoms with Crippen molar-refractivity contribution in [2.45, 2.75) is 30.1 Å². The van der Waals surface area contributed by atoms with Gasteiger partial charge in [0.05, 0.1) is 33.9 Å². The van der Waals surface area contributed by atoms with E-state index in [-0.39, 0.29) is 86.9 Å². The molecule has 0 aliphatic carbocycles. The molecular formula is C28H25F4N5O4S2. The van der Waals surface area contributed by atoms with E-state index in [1.54, 1.807) is 16.7 Å². The summed E-state index contributed by atoms with van der Waals surface area (Å²) in [6.45, 7) is 6.17. The fraction of sp³-hybridized carbons (Fsp3) is 0.357. The Labute approximate surface area is 249 Å². The highest BCUT2D eigenvalue weighted by atomic mass is 32.2. The normalized spacial score (nSPS) is 18.9. The predicted molar refractivity (Wildman–Crippen MR) is 158 cm³/mol. The summed E-state index contributed by atoms with van der Waals surface area (Å²) in [5, 5.41) is 0.117. The van der Waals surface area contributed by atoms with Crippen LogP contribution in [0.15, 0.2) is 45.3 Å². The van der Waals surface area contributed by atoms with Crippen LogP contribution in [-0.2, 0) is 15.7 Å². The molecule has 43 heavy (non-hydrogen) atoms. The number of nitrogens with one attached hydrogen (secondary N) is 1. The number of nitrogens with zero attached hydrogens (tertiary/aromatic N) is 4. The van der Waals surface area contributed by atoms with Crippen LogP contribution in [0, 0.1) is 5.82 Å². The third kappa shape index (κ3) is 4.83. The van der Waals surface area contributed by atoms with Crippen molar-refractivity contribution in [2.24, 2.45) is 0 Å². The standard InChI is InChI=1S/C28H25F4N5O4S2/c1-4-19(38)36-8-7-35(10-13(36)2)25-16-9-17(28(30,31)32)20(15-5-6-18(29)23-21(15)33-27(40)43-23)24-22(16)37(26(39)34-25)14(11-41-3)12-42-24/h4-6,9,13-14H,1,7-8,10-12H2,2-3H3,(H,33,40). The van der Waals surface area contributed by atoms with Gasteiger partial charge in [0, 0.05) is 59.9 Å². The number of aromatic amines is 1. The van der Waals surface area contributed by atoms with Gasteiger partial charge in [-0.3, -0.25) is 14.2 Å². The number of fused-ring (bicyclic) bond motifs is 1. The Hall–Kier alpha value is -3.69. The van der Waals surface area contributed by atoms with Gasteiger partial charge in [0.15, 0.2) is 0 Å². The highest BCUT2D eigenvalue weighted by Gasteiger charge is 2.40. The van der Waals surface area contributed by atoms with Gasteiger partial charge in [0.2, 0.25) is 5.91 Å². The molecule has 2 aliphatic rings. The maximum Gasteiger partial charge on any atom is 0.417 e. The van der Waals surface area contributed by atoms with Crippen LogP contribution >= 0.6 is 23.1 Å². The number of benzene rings is 2. The number of carbonyl (C=O) groups is 1. The molecule has 2 aromatic heterocycles. The van der Waals surface area contributed by atoms with E-state index in [0.717, 1.165) is 23.9 Å². The number of hydrogen-bond donors (Lipinski definition) is 1. The summed E-state index contributed by atoms with van der Waals surface area (Å²) in [5.41, 5.74) is -1.70. The Morgan fingerprint density at radius 1 is 1.28 bits per heavy atom. The number of anilines is 1. The lowest BCUT2D eigenvalue weighted by molar-refractivity contribution is -0.137. The number of alkyl halides is 3. The highest BCUT2D eigenvalue weighted by molar-refractivity contribution is 7.99. The number of carbonyl (C=O) groups excluding carboxylic acids is 1. The topological polar surface area (TPSA) is 101 Å². The van der Waals surface area contributed by atoms with Gasteiger partial charge in [-0.1, -0.05) is 17.9 Å². The Morgan fingerprint density at radius 3 is 2.72 bits per heavy atom. The first kappa shape index (κ1) is 29.4. The first-order valence-electron chi connectivity index (χ1n) is 13.3. The lowest BCUT2D eigenvalue weighted by Crippen LogP contribution is -2.54. The van der Waals surface area contributed by atoms with Gasteiger partial charge < -0.3 is 19.5 Å². The Bertz CT molecular complexity index is 1920. The Morgan fingerprint density at radius 2 is 2.05 bits per heavy atom. The number of thiazole rings is 1. The van der Waals surface area contributed by atoms with E-state index in [1.165, 1.54) is 23.8 Å². The molecule has 1 fully saturated rings. The third-order valence-corrected chi connectivity index (χ3v) is 9.91. The largest absolute Gasteiger partial charge is 0.417 e. The average Bonchev–Trinajstić information content (AvgIpc) is 3.36. The summed E-state index contributed by atoms with van der Waals surface area (Å²) >= 11 is 1.71. The second-order valence-electron chi connectivity index (χ2n) is 10.4. The van der Waals surface area contributed by atoms with E-state index in [1.807, 2.05) is 0 Å². The average molecular weight is 636 g/mol. The van der Waals surface area contributed by atoms with Crippen molar-refractivity contribution in [2.75, 3.05) is 44.0 Å². The van der Waals surface area contributed by atoms with Crippen LogP contribution in [0.4, 0.5) is 23.4 Å². The molecule has 2 aliphatic heterocycles. The number of halogens is 4. The van der Waals surface area contributed by atoms with E-state index in [4.69, 9.17) is 4.74 Å². The van der Waals surface area contributed by atoms with Gasteiger partial charge in [-0.2, -0.15) is 18.2 Å². The van der Waals surface area contributed by atoms with Crippen molar-refractivity contribution in [1.29, 1.82) is 0 Å². The van der Waals surface area contributed by atoms with Crippen LogP contribution in [0.25, 0.3) is 32.2 Å². The van der Waals surface area contributed by atoms with Crippen LogP contribution in [0.3, 0.4) is 0 Å². The molecule has 2 aromatic carbocycles. The van der Waals surface area contributed by atoms with Crippen LogP contribution in [-0.4, -0.2) is 70.5 Å². The molecule has 0 spiro atoms. The van der Waals surface area contributed by atoms with Gasteiger partial charge >= 0.3 is 16.7 Å². The number of H-pyrrole nitrogens is 1. The first-order chi connectivity index (χ1) is 20.4. The molecule has 1 saturated heterocycles. The van der Waals surface area contributed by atoms with E-state index < -0.39 is 34.2 Å². The van der Waals surface area contributed by atoms with Crippen molar-refractivity contribution < 1.29 is 27.1 Å². The molecule has 0 bridgehead atoms. The van der Waals surface area contributed by atoms with E-state index in [2.05, 4.69) is 16.5 Å². The van der Waals surface area contributed by atoms with Crippen molar-refractivity contribution in [3.63, 3.8) is 0 Å². The molecule has 1 N–H and O–H groups in total. The number of thioether (sulfide) groups is 1. The minimum Gasteiger partial charge on any atom is -0.383 e. The number of aromatic nitrogens is 3. The zero-order valence-electron chi connectivity index (χ0n) is 23.0. The third-order valence-electron chi connectivity index (χ3n) is 7.78. The van der Waals surface area contributed by atoms with Gasteiger partial charge in [-0.15, -0.1) is 11.8 Å². The second-order valence-corrected chi connectivity index (χ2v) is 12.4. The summed E-state index contributed by atoms with van der Waals surface area (Å²) in [4.78, 5) is 47.8. The van der Waals surface area contributed by atoms with Gasteiger partial charge in [-0.05, 0) is 31.2 Å². The Kier molecular flexibility index (Phi) is 7.37. The summed E-state index contributed by atoms with van der Waals surface area (Å²) in [6.07, 6.45) is -3.65. The molecule has 15 heteroatoms. The van der Waals surface area contributed by atoms with Crippen LogP contribution in [0.1, 0.15) is 18.5 Å². The Balaban J connectivity index is 1.68. The van der Waals surface area contributed by atoms with Crippen molar-refractivity contribution >= 4 is 55.9 Å². The predicted octanol–water partition coefficient (Wildman–Crippen LogP) is 4.64. The number of rotatable bonds is 5. The number of methoxy groups -OCH3 is 1. The zero-order chi connectivity index (χ0) is 30.8.